The van der Waals surface area contributed by atoms with Gasteiger partial charge in [-0.25, -0.2) is 0 Å². The van der Waals surface area contributed by atoms with Gasteiger partial charge in [-0.15, -0.1) is 0 Å². The van der Waals surface area contributed by atoms with Crippen molar-refractivity contribution in [1.82, 2.24) is 5.32 Å². The number of carbonyl (C=O) groups is 2. The third kappa shape index (κ3) is 55.5. The van der Waals surface area contributed by atoms with Crippen LogP contribution in [0.25, 0.3) is 0 Å². The molecule has 6 nitrogen and oxygen atoms in total. The van der Waals surface area contributed by atoms with Crippen LogP contribution in [0, 0.1) is 0 Å². The highest BCUT2D eigenvalue weighted by atomic mass is 16.5. The van der Waals surface area contributed by atoms with Gasteiger partial charge in [-0.05, 0) is 57.8 Å². The van der Waals surface area contributed by atoms with E-state index in [9.17, 15) is 19.8 Å². The minimum Gasteiger partial charge on any atom is -0.466 e. The van der Waals surface area contributed by atoms with E-state index in [0.29, 0.717) is 19.4 Å². The predicted molar refractivity (Wildman–Crippen MR) is 301 cm³/mol. The first-order valence-electron chi connectivity index (χ1n) is 31.1. The van der Waals surface area contributed by atoms with Crippen molar-refractivity contribution < 1.29 is 24.5 Å². The van der Waals surface area contributed by atoms with E-state index >= 15 is 0 Å². The lowest BCUT2D eigenvalue weighted by Gasteiger charge is -2.20. The van der Waals surface area contributed by atoms with Crippen molar-refractivity contribution >= 4 is 11.9 Å². The second kappa shape index (κ2) is 58.9. The Kier molecular flexibility index (Phi) is 57.5. The Morgan fingerprint density at radius 1 is 0.391 bits per heavy atom. The standard InChI is InChI=1S/C63H121NO5/c1-3-5-7-9-11-13-15-17-18-19-26-29-32-35-39-43-47-51-55-61(66)60(59-65)64-62(67)56-52-48-44-40-36-33-30-27-24-22-20-21-23-25-28-31-34-38-42-46-50-54-58-69-63(68)57-53-49-45-41-37-16-14-12-10-8-6-4-2/h12,14,51,55,60-61,65-66H,3-11,13,15-50,52-54,56-59H2,1-2H3,(H,64,67)/b14-12-,55-51+. The number of rotatable bonds is 58. The Labute approximate surface area is 431 Å². The Hall–Kier alpha value is -1.66. The average molecular weight is 973 g/mol. The summed E-state index contributed by atoms with van der Waals surface area (Å²) in [6, 6.07) is -0.628. The van der Waals surface area contributed by atoms with E-state index in [4.69, 9.17) is 4.74 Å². The van der Waals surface area contributed by atoms with Crippen LogP contribution in [0.4, 0.5) is 0 Å². The molecule has 0 aliphatic rings. The van der Waals surface area contributed by atoms with Crippen molar-refractivity contribution in [2.75, 3.05) is 13.2 Å². The number of nitrogens with one attached hydrogen (secondary N) is 1. The molecule has 0 fully saturated rings. The number of esters is 1. The number of hydrogen-bond acceptors (Lipinski definition) is 5. The second-order valence-corrected chi connectivity index (χ2v) is 21.4. The minimum atomic E-state index is -0.845. The molecule has 0 rings (SSSR count). The van der Waals surface area contributed by atoms with Gasteiger partial charge < -0.3 is 20.3 Å². The minimum absolute atomic E-state index is 0.00290. The van der Waals surface area contributed by atoms with E-state index < -0.39 is 12.1 Å². The first-order chi connectivity index (χ1) is 34.0. The van der Waals surface area contributed by atoms with Gasteiger partial charge in [0, 0.05) is 12.8 Å². The Morgan fingerprint density at radius 3 is 1.06 bits per heavy atom. The summed E-state index contributed by atoms with van der Waals surface area (Å²) in [4.78, 5) is 24.5. The molecular formula is C63H121NO5. The molecule has 0 bridgehead atoms. The van der Waals surface area contributed by atoms with E-state index in [2.05, 4.69) is 31.3 Å². The molecule has 0 heterocycles. The summed E-state index contributed by atoms with van der Waals surface area (Å²) >= 11 is 0. The maximum atomic E-state index is 12.5. The van der Waals surface area contributed by atoms with E-state index in [-0.39, 0.29) is 18.5 Å². The highest BCUT2D eigenvalue weighted by Gasteiger charge is 2.18. The smallest absolute Gasteiger partial charge is 0.305 e. The average Bonchev–Trinajstić information content (AvgIpc) is 3.35. The zero-order valence-electron chi connectivity index (χ0n) is 46.6. The number of allylic oxidation sites excluding steroid dienone is 3. The first kappa shape index (κ1) is 67.3. The van der Waals surface area contributed by atoms with Crippen molar-refractivity contribution in [1.29, 1.82) is 0 Å². The van der Waals surface area contributed by atoms with Crippen molar-refractivity contribution in [3.05, 3.63) is 24.3 Å². The molecular weight excluding hydrogens is 851 g/mol. The zero-order valence-corrected chi connectivity index (χ0v) is 46.6. The van der Waals surface area contributed by atoms with Gasteiger partial charge in [0.1, 0.15) is 0 Å². The third-order valence-electron chi connectivity index (χ3n) is 14.5. The maximum Gasteiger partial charge on any atom is 0.305 e. The van der Waals surface area contributed by atoms with Gasteiger partial charge in [-0.1, -0.05) is 295 Å². The molecule has 1 amide bonds. The lowest BCUT2D eigenvalue weighted by molar-refractivity contribution is -0.143. The molecule has 0 radical (unpaired) electrons. The highest BCUT2D eigenvalue weighted by Crippen LogP contribution is 2.18. The summed E-state index contributed by atoms with van der Waals surface area (Å²) < 4.78 is 5.47. The van der Waals surface area contributed by atoms with Gasteiger partial charge in [0.15, 0.2) is 0 Å². The molecule has 0 aromatic rings. The van der Waals surface area contributed by atoms with Gasteiger partial charge >= 0.3 is 5.97 Å². The molecule has 2 atom stereocenters. The van der Waals surface area contributed by atoms with Crippen molar-refractivity contribution in [2.45, 2.75) is 353 Å². The predicted octanol–water partition coefficient (Wildman–Crippen LogP) is 19.4. The van der Waals surface area contributed by atoms with Gasteiger partial charge in [-0.2, -0.15) is 0 Å². The van der Waals surface area contributed by atoms with Gasteiger partial charge in [0.05, 0.1) is 25.4 Å². The first-order valence-corrected chi connectivity index (χ1v) is 31.1. The summed E-state index contributed by atoms with van der Waals surface area (Å²) in [5.41, 5.74) is 0. The van der Waals surface area contributed by atoms with Crippen LogP contribution in [0.5, 0.6) is 0 Å². The highest BCUT2D eigenvalue weighted by molar-refractivity contribution is 5.76. The summed E-state index contributed by atoms with van der Waals surface area (Å²) in [7, 11) is 0. The van der Waals surface area contributed by atoms with E-state index in [1.807, 2.05) is 6.08 Å². The number of ether oxygens (including phenoxy) is 1. The molecule has 0 aliphatic heterocycles. The van der Waals surface area contributed by atoms with Crippen LogP contribution >= 0.6 is 0 Å². The normalized spacial score (nSPS) is 12.7. The number of aliphatic hydroxyl groups excluding tert-OH is 2. The Balaban J connectivity index is 3.41. The van der Waals surface area contributed by atoms with Crippen LogP contribution in [0.3, 0.4) is 0 Å². The largest absolute Gasteiger partial charge is 0.466 e. The van der Waals surface area contributed by atoms with Gasteiger partial charge in [0.2, 0.25) is 5.91 Å². The lowest BCUT2D eigenvalue weighted by Crippen LogP contribution is -2.45. The molecule has 0 aliphatic carbocycles. The van der Waals surface area contributed by atoms with Crippen LogP contribution in [-0.2, 0) is 14.3 Å². The Morgan fingerprint density at radius 2 is 0.681 bits per heavy atom. The van der Waals surface area contributed by atoms with Crippen molar-refractivity contribution in [3.8, 4) is 0 Å². The number of aliphatic hydroxyl groups is 2. The number of unbranched alkanes of at least 4 members (excludes halogenated alkanes) is 45. The number of carbonyl (C=O) groups excluding carboxylic acids is 2. The second-order valence-electron chi connectivity index (χ2n) is 21.4. The molecule has 0 saturated heterocycles. The molecule has 0 spiro atoms. The molecule has 6 heteroatoms. The number of amides is 1. The van der Waals surface area contributed by atoms with Gasteiger partial charge in [0.25, 0.3) is 0 Å². The van der Waals surface area contributed by atoms with Gasteiger partial charge in [-0.3, -0.25) is 9.59 Å². The molecule has 0 aromatic carbocycles. The van der Waals surface area contributed by atoms with Crippen molar-refractivity contribution in [3.63, 3.8) is 0 Å². The van der Waals surface area contributed by atoms with Crippen LogP contribution in [0.2, 0.25) is 0 Å². The summed E-state index contributed by atoms with van der Waals surface area (Å²) in [6.45, 7) is 4.90. The quantitative estimate of drug-likeness (QED) is 0.0321. The summed E-state index contributed by atoms with van der Waals surface area (Å²) in [5, 5.41) is 23.2. The third-order valence-corrected chi connectivity index (χ3v) is 14.5. The van der Waals surface area contributed by atoms with Crippen LogP contribution < -0.4 is 5.32 Å². The van der Waals surface area contributed by atoms with Crippen molar-refractivity contribution in [2.24, 2.45) is 0 Å². The van der Waals surface area contributed by atoms with Crippen LogP contribution in [0.15, 0.2) is 24.3 Å². The topological polar surface area (TPSA) is 95.9 Å². The summed E-state index contributed by atoms with van der Waals surface area (Å²) in [5.74, 6) is -0.0628. The van der Waals surface area contributed by atoms with E-state index in [1.54, 1.807) is 6.08 Å². The summed E-state index contributed by atoms with van der Waals surface area (Å²) in [6.07, 6.45) is 72.2. The molecule has 408 valence electrons. The molecule has 69 heavy (non-hydrogen) atoms. The SMILES string of the molecule is CCCCC/C=C\CCCCCCCC(=O)OCCCCCCCCCCCCCCCCCCCCCCCCC(=O)NC(CO)C(O)/C=C/CCCCCCCCCCCCCCCCCC. The number of hydrogen-bond donors (Lipinski definition) is 3. The lowest BCUT2D eigenvalue weighted by atomic mass is 10.0. The zero-order chi connectivity index (χ0) is 50.0. The molecule has 2 unspecified atom stereocenters. The fraction of sp³-hybridized carbons (Fsp3) is 0.905. The fourth-order valence-corrected chi connectivity index (χ4v) is 9.69. The van der Waals surface area contributed by atoms with Crippen LogP contribution in [-0.4, -0.2) is 47.4 Å². The molecule has 0 saturated carbocycles. The van der Waals surface area contributed by atoms with Crippen LogP contribution in [0.1, 0.15) is 341 Å². The molecule has 0 aromatic heterocycles. The van der Waals surface area contributed by atoms with E-state index in [0.717, 1.165) is 44.9 Å². The maximum absolute atomic E-state index is 12.5. The fourth-order valence-electron chi connectivity index (χ4n) is 9.69. The van der Waals surface area contributed by atoms with E-state index in [1.165, 1.54) is 270 Å². The monoisotopic (exact) mass is 972 g/mol. The Bertz CT molecular complexity index is 1080. The molecule has 3 N–H and O–H groups in total.